The smallest absolute Gasteiger partial charge is 0.335 e. The Labute approximate surface area is 119 Å². The Balaban J connectivity index is 1.95. The van der Waals surface area contributed by atoms with Gasteiger partial charge in [-0.2, -0.15) is 11.8 Å². The lowest BCUT2D eigenvalue weighted by atomic mass is 10.2. The van der Waals surface area contributed by atoms with Crippen LogP contribution >= 0.6 is 11.8 Å². The quantitative estimate of drug-likeness (QED) is 0.801. The minimum atomic E-state index is -1.21. The summed E-state index contributed by atoms with van der Waals surface area (Å²) in [6.45, 7) is 0. The minimum Gasteiger partial charge on any atom is -0.478 e. The second kappa shape index (κ2) is 6.60. The fourth-order valence-corrected chi connectivity index (χ4v) is 3.02. The van der Waals surface area contributed by atoms with Gasteiger partial charge in [-0.1, -0.05) is 0 Å². The van der Waals surface area contributed by atoms with Crippen molar-refractivity contribution in [2.24, 2.45) is 0 Å². The molecule has 2 amide bonds. The molecule has 0 aliphatic carbocycles. The topological polar surface area (TPSA) is 78.4 Å². The van der Waals surface area contributed by atoms with E-state index in [2.05, 4.69) is 10.6 Å². The SMILES string of the molecule is O=C(Nc1ccc(C(=O)O)cc1F)NC1CCCSC1. The van der Waals surface area contributed by atoms with Crippen LogP contribution in [-0.4, -0.2) is 34.7 Å². The maximum atomic E-state index is 13.6. The fraction of sp³-hybridized carbons (Fsp3) is 0.385. The van der Waals surface area contributed by atoms with E-state index in [1.54, 1.807) is 11.8 Å². The summed E-state index contributed by atoms with van der Waals surface area (Å²) < 4.78 is 13.6. The van der Waals surface area contributed by atoms with Crippen molar-refractivity contribution in [3.05, 3.63) is 29.6 Å². The Bertz CT molecular complexity index is 518. The number of nitrogens with one attached hydrogen (secondary N) is 2. The molecule has 1 aromatic rings. The van der Waals surface area contributed by atoms with E-state index in [-0.39, 0.29) is 17.3 Å². The highest BCUT2D eigenvalue weighted by molar-refractivity contribution is 7.99. The van der Waals surface area contributed by atoms with Gasteiger partial charge in [0.15, 0.2) is 0 Å². The van der Waals surface area contributed by atoms with Crippen molar-refractivity contribution >= 4 is 29.4 Å². The number of halogens is 1. The molecule has 1 atom stereocenters. The molecule has 1 aromatic carbocycles. The van der Waals surface area contributed by atoms with Crippen molar-refractivity contribution in [2.75, 3.05) is 16.8 Å². The monoisotopic (exact) mass is 298 g/mol. The van der Waals surface area contributed by atoms with Crippen LogP contribution in [0.5, 0.6) is 0 Å². The summed E-state index contributed by atoms with van der Waals surface area (Å²) in [5.41, 5.74) is -0.187. The molecular weight excluding hydrogens is 283 g/mol. The van der Waals surface area contributed by atoms with Gasteiger partial charge in [-0.25, -0.2) is 14.0 Å². The van der Waals surface area contributed by atoms with Gasteiger partial charge in [-0.15, -0.1) is 0 Å². The molecule has 0 radical (unpaired) electrons. The van der Waals surface area contributed by atoms with Crippen molar-refractivity contribution in [2.45, 2.75) is 18.9 Å². The molecule has 1 fully saturated rings. The molecule has 1 aliphatic heterocycles. The third-order valence-electron chi connectivity index (χ3n) is 2.96. The number of carboxylic acids is 1. The van der Waals surface area contributed by atoms with E-state index >= 15 is 0 Å². The Morgan fingerprint density at radius 1 is 1.40 bits per heavy atom. The average molecular weight is 298 g/mol. The van der Waals surface area contributed by atoms with Gasteiger partial charge in [0.1, 0.15) is 5.82 Å². The van der Waals surface area contributed by atoms with E-state index in [0.29, 0.717) is 0 Å². The number of hydrogen-bond donors (Lipinski definition) is 3. The third-order valence-corrected chi connectivity index (χ3v) is 4.18. The molecule has 20 heavy (non-hydrogen) atoms. The van der Waals surface area contributed by atoms with Gasteiger partial charge in [-0.05, 0) is 36.8 Å². The van der Waals surface area contributed by atoms with Crippen LogP contribution in [0.1, 0.15) is 23.2 Å². The molecule has 1 saturated heterocycles. The first-order valence-electron chi connectivity index (χ1n) is 6.24. The Kier molecular flexibility index (Phi) is 4.84. The van der Waals surface area contributed by atoms with Crippen molar-refractivity contribution in [1.29, 1.82) is 0 Å². The predicted octanol–water partition coefficient (Wildman–Crippen LogP) is 2.54. The fourth-order valence-electron chi connectivity index (χ4n) is 1.95. The van der Waals surface area contributed by atoms with Crippen LogP contribution in [0.2, 0.25) is 0 Å². The predicted molar refractivity (Wildman–Crippen MR) is 75.9 cm³/mol. The standard InChI is InChI=1S/C13H15FN2O3S/c14-10-6-8(12(17)18)3-4-11(10)16-13(19)15-9-2-1-5-20-7-9/h3-4,6,9H,1-2,5,7H2,(H,17,18)(H2,15,16,19). The van der Waals surface area contributed by atoms with Gasteiger partial charge in [0.05, 0.1) is 11.3 Å². The highest BCUT2D eigenvalue weighted by atomic mass is 32.2. The molecular formula is C13H15FN2O3S. The number of carbonyl (C=O) groups is 2. The Hall–Kier alpha value is -1.76. The van der Waals surface area contributed by atoms with Crippen molar-refractivity contribution in [3.63, 3.8) is 0 Å². The normalized spacial score (nSPS) is 18.4. The van der Waals surface area contributed by atoms with E-state index in [1.807, 2.05) is 0 Å². The number of benzene rings is 1. The molecule has 0 saturated carbocycles. The summed E-state index contributed by atoms with van der Waals surface area (Å²) in [7, 11) is 0. The minimum absolute atomic E-state index is 0.0315. The molecule has 0 aromatic heterocycles. The van der Waals surface area contributed by atoms with Gasteiger partial charge in [0.2, 0.25) is 0 Å². The van der Waals surface area contributed by atoms with Crippen LogP contribution in [0.4, 0.5) is 14.9 Å². The van der Waals surface area contributed by atoms with Crippen molar-refractivity contribution in [1.82, 2.24) is 5.32 Å². The van der Waals surface area contributed by atoms with Gasteiger partial charge in [0.25, 0.3) is 0 Å². The number of hydrogen-bond acceptors (Lipinski definition) is 3. The summed E-state index contributed by atoms with van der Waals surface area (Å²) in [6.07, 6.45) is 1.97. The lowest BCUT2D eigenvalue weighted by molar-refractivity contribution is 0.0696. The molecule has 1 aliphatic rings. The number of rotatable bonds is 3. The highest BCUT2D eigenvalue weighted by Crippen LogP contribution is 2.18. The number of carboxylic acid groups (broad SMARTS) is 1. The summed E-state index contributed by atoms with van der Waals surface area (Å²) in [4.78, 5) is 22.4. The van der Waals surface area contributed by atoms with Crippen LogP contribution in [0.3, 0.4) is 0 Å². The summed E-state index contributed by atoms with van der Waals surface area (Å²) in [5.74, 6) is -0.0175. The van der Waals surface area contributed by atoms with Crippen LogP contribution in [-0.2, 0) is 0 Å². The number of amides is 2. The molecule has 0 bridgehead atoms. The number of thioether (sulfide) groups is 1. The first kappa shape index (κ1) is 14.6. The first-order valence-corrected chi connectivity index (χ1v) is 7.40. The molecule has 7 heteroatoms. The molecule has 3 N–H and O–H groups in total. The largest absolute Gasteiger partial charge is 0.478 e. The van der Waals surface area contributed by atoms with E-state index in [4.69, 9.17) is 5.11 Å². The van der Waals surface area contributed by atoms with Crippen molar-refractivity contribution < 1.29 is 19.1 Å². The van der Waals surface area contributed by atoms with E-state index in [9.17, 15) is 14.0 Å². The summed E-state index contributed by atoms with van der Waals surface area (Å²) in [5, 5.41) is 13.9. The average Bonchev–Trinajstić information content (AvgIpc) is 2.42. The second-order valence-corrected chi connectivity index (χ2v) is 5.66. The summed E-state index contributed by atoms with van der Waals surface area (Å²) in [6, 6.07) is 2.99. The van der Waals surface area contributed by atoms with Gasteiger partial charge >= 0.3 is 12.0 Å². The van der Waals surface area contributed by atoms with Crippen molar-refractivity contribution in [3.8, 4) is 0 Å². The van der Waals surface area contributed by atoms with Crippen LogP contribution in [0, 0.1) is 5.82 Å². The van der Waals surface area contributed by atoms with Crippen LogP contribution < -0.4 is 10.6 Å². The zero-order chi connectivity index (χ0) is 14.5. The Morgan fingerprint density at radius 2 is 2.20 bits per heavy atom. The van der Waals surface area contributed by atoms with E-state index in [0.717, 1.165) is 30.4 Å². The van der Waals surface area contributed by atoms with E-state index < -0.39 is 17.8 Å². The molecule has 2 rings (SSSR count). The lowest BCUT2D eigenvalue weighted by Crippen LogP contribution is -2.41. The van der Waals surface area contributed by atoms with Crippen LogP contribution in [0.25, 0.3) is 0 Å². The number of anilines is 1. The zero-order valence-corrected chi connectivity index (χ0v) is 11.5. The molecule has 5 nitrogen and oxygen atoms in total. The van der Waals surface area contributed by atoms with Gasteiger partial charge in [0, 0.05) is 11.8 Å². The molecule has 1 heterocycles. The number of carbonyl (C=O) groups excluding carboxylic acids is 1. The zero-order valence-electron chi connectivity index (χ0n) is 10.7. The van der Waals surface area contributed by atoms with Crippen LogP contribution in [0.15, 0.2) is 18.2 Å². The van der Waals surface area contributed by atoms with Gasteiger partial charge in [-0.3, -0.25) is 0 Å². The maximum absolute atomic E-state index is 13.6. The maximum Gasteiger partial charge on any atom is 0.335 e. The highest BCUT2D eigenvalue weighted by Gasteiger charge is 2.17. The lowest BCUT2D eigenvalue weighted by Gasteiger charge is -2.22. The number of aromatic carboxylic acids is 1. The first-order chi connectivity index (χ1) is 9.56. The third kappa shape index (κ3) is 3.86. The molecule has 1 unspecified atom stereocenters. The summed E-state index contributed by atoms with van der Waals surface area (Å²) >= 11 is 1.78. The van der Waals surface area contributed by atoms with Gasteiger partial charge < -0.3 is 15.7 Å². The number of urea groups is 1. The molecule has 0 spiro atoms. The Morgan fingerprint density at radius 3 is 2.80 bits per heavy atom. The molecule has 108 valence electrons. The van der Waals surface area contributed by atoms with E-state index in [1.165, 1.54) is 12.1 Å². The second-order valence-electron chi connectivity index (χ2n) is 4.51.